The van der Waals surface area contributed by atoms with Crippen LogP contribution in [0.4, 0.5) is 5.69 Å². The van der Waals surface area contributed by atoms with Crippen LogP contribution in [0.25, 0.3) is 0 Å². The standard InChI is InChI=1S/C12H14N2O4/c1-12(16)5-6-13(8-12)11(15)9-3-2-4-10(7-9)14(17)18/h2-4,7,16H,5-6,8H2,1H3. The first-order chi connectivity index (χ1) is 8.39. The third-order valence-electron chi connectivity index (χ3n) is 3.04. The van der Waals surface area contributed by atoms with Crippen molar-refractivity contribution < 1.29 is 14.8 Å². The molecule has 1 amide bonds. The lowest BCUT2D eigenvalue weighted by atomic mass is 10.1. The molecule has 0 aliphatic carbocycles. The van der Waals surface area contributed by atoms with E-state index in [9.17, 15) is 20.0 Å². The van der Waals surface area contributed by atoms with Gasteiger partial charge in [-0.2, -0.15) is 0 Å². The predicted molar refractivity (Wildman–Crippen MR) is 64.2 cm³/mol. The van der Waals surface area contributed by atoms with Gasteiger partial charge in [-0.15, -0.1) is 0 Å². The minimum Gasteiger partial charge on any atom is -0.388 e. The van der Waals surface area contributed by atoms with Crippen molar-refractivity contribution in [2.75, 3.05) is 13.1 Å². The number of nitro groups is 1. The van der Waals surface area contributed by atoms with Gasteiger partial charge in [-0.1, -0.05) is 6.07 Å². The largest absolute Gasteiger partial charge is 0.388 e. The predicted octanol–water partition coefficient (Wildman–Crippen LogP) is 1.19. The van der Waals surface area contributed by atoms with E-state index in [0.29, 0.717) is 13.0 Å². The van der Waals surface area contributed by atoms with Crippen LogP contribution in [-0.4, -0.2) is 39.5 Å². The molecule has 1 saturated heterocycles. The zero-order chi connectivity index (χ0) is 13.3. The molecule has 0 aromatic heterocycles. The Hall–Kier alpha value is -1.95. The summed E-state index contributed by atoms with van der Waals surface area (Å²) >= 11 is 0. The Labute approximate surface area is 104 Å². The minimum absolute atomic E-state index is 0.105. The quantitative estimate of drug-likeness (QED) is 0.631. The van der Waals surface area contributed by atoms with Gasteiger partial charge in [0.1, 0.15) is 0 Å². The van der Waals surface area contributed by atoms with E-state index in [1.807, 2.05) is 0 Å². The van der Waals surface area contributed by atoms with E-state index in [-0.39, 0.29) is 23.7 Å². The molecule has 1 aromatic carbocycles. The fraction of sp³-hybridized carbons (Fsp3) is 0.417. The van der Waals surface area contributed by atoms with Crippen molar-refractivity contribution in [1.82, 2.24) is 4.90 Å². The highest BCUT2D eigenvalue weighted by Crippen LogP contribution is 2.23. The first kappa shape index (κ1) is 12.5. The van der Waals surface area contributed by atoms with Gasteiger partial charge in [0.15, 0.2) is 0 Å². The first-order valence-corrected chi connectivity index (χ1v) is 5.65. The molecular formula is C12H14N2O4. The number of benzene rings is 1. The highest BCUT2D eigenvalue weighted by Gasteiger charge is 2.34. The second-order valence-electron chi connectivity index (χ2n) is 4.78. The summed E-state index contributed by atoms with van der Waals surface area (Å²) in [6.45, 7) is 2.40. The minimum atomic E-state index is -0.865. The summed E-state index contributed by atoms with van der Waals surface area (Å²) in [7, 11) is 0. The third-order valence-corrected chi connectivity index (χ3v) is 3.04. The topological polar surface area (TPSA) is 83.7 Å². The molecule has 6 nitrogen and oxygen atoms in total. The summed E-state index contributed by atoms with van der Waals surface area (Å²) in [6, 6.07) is 5.63. The summed E-state index contributed by atoms with van der Waals surface area (Å²) in [6.07, 6.45) is 0.521. The summed E-state index contributed by atoms with van der Waals surface area (Å²) < 4.78 is 0. The van der Waals surface area contributed by atoms with E-state index >= 15 is 0 Å². The van der Waals surface area contributed by atoms with Crippen molar-refractivity contribution in [3.8, 4) is 0 Å². The number of hydrogen-bond acceptors (Lipinski definition) is 4. The smallest absolute Gasteiger partial charge is 0.270 e. The highest BCUT2D eigenvalue weighted by molar-refractivity contribution is 5.95. The van der Waals surface area contributed by atoms with Crippen LogP contribution in [0.15, 0.2) is 24.3 Å². The zero-order valence-electron chi connectivity index (χ0n) is 10.00. The summed E-state index contributed by atoms with van der Waals surface area (Å²) in [5, 5.41) is 20.4. The van der Waals surface area contributed by atoms with Gasteiger partial charge >= 0.3 is 0 Å². The van der Waals surface area contributed by atoms with Gasteiger partial charge in [0, 0.05) is 30.8 Å². The van der Waals surface area contributed by atoms with E-state index in [0.717, 1.165) is 0 Å². The maximum Gasteiger partial charge on any atom is 0.270 e. The molecular weight excluding hydrogens is 236 g/mol. The van der Waals surface area contributed by atoms with Crippen molar-refractivity contribution in [3.63, 3.8) is 0 Å². The Morgan fingerprint density at radius 3 is 2.83 bits per heavy atom. The maximum absolute atomic E-state index is 12.1. The van der Waals surface area contributed by atoms with Crippen LogP contribution >= 0.6 is 0 Å². The summed E-state index contributed by atoms with van der Waals surface area (Å²) in [5.41, 5.74) is -0.690. The van der Waals surface area contributed by atoms with Crippen LogP contribution in [0, 0.1) is 10.1 Å². The Morgan fingerprint density at radius 1 is 1.56 bits per heavy atom. The van der Waals surface area contributed by atoms with Gasteiger partial charge in [-0.05, 0) is 19.4 Å². The Balaban J connectivity index is 2.19. The second-order valence-corrected chi connectivity index (χ2v) is 4.78. The third kappa shape index (κ3) is 2.48. The number of likely N-dealkylation sites (tertiary alicyclic amines) is 1. The van der Waals surface area contributed by atoms with Crippen LogP contribution < -0.4 is 0 Å². The van der Waals surface area contributed by atoms with E-state index in [4.69, 9.17) is 0 Å². The molecule has 96 valence electrons. The van der Waals surface area contributed by atoms with Gasteiger partial charge in [0.05, 0.1) is 10.5 Å². The molecule has 18 heavy (non-hydrogen) atoms. The molecule has 1 aliphatic heterocycles. The molecule has 0 radical (unpaired) electrons. The van der Waals surface area contributed by atoms with Gasteiger partial charge in [-0.25, -0.2) is 0 Å². The summed E-state index contributed by atoms with van der Waals surface area (Å²) in [4.78, 5) is 23.7. The van der Waals surface area contributed by atoms with Crippen molar-refractivity contribution >= 4 is 11.6 Å². The second kappa shape index (κ2) is 4.38. The van der Waals surface area contributed by atoms with Crippen molar-refractivity contribution in [2.24, 2.45) is 0 Å². The highest BCUT2D eigenvalue weighted by atomic mass is 16.6. The maximum atomic E-state index is 12.1. The van der Waals surface area contributed by atoms with E-state index < -0.39 is 10.5 Å². The lowest BCUT2D eigenvalue weighted by Gasteiger charge is -2.18. The van der Waals surface area contributed by atoms with E-state index in [1.54, 1.807) is 13.0 Å². The van der Waals surface area contributed by atoms with Crippen LogP contribution in [-0.2, 0) is 0 Å². The number of carbonyl (C=O) groups excluding carboxylic acids is 1. The van der Waals surface area contributed by atoms with Crippen molar-refractivity contribution in [2.45, 2.75) is 18.9 Å². The van der Waals surface area contributed by atoms with E-state index in [1.165, 1.54) is 23.1 Å². The SMILES string of the molecule is CC1(O)CCN(C(=O)c2cccc([N+](=O)[O-])c2)C1. The number of aliphatic hydroxyl groups is 1. The van der Waals surface area contributed by atoms with E-state index in [2.05, 4.69) is 0 Å². The van der Waals surface area contributed by atoms with Crippen molar-refractivity contribution in [1.29, 1.82) is 0 Å². The average Bonchev–Trinajstić information content (AvgIpc) is 2.69. The number of amides is 1. The number of nitro benzene ring substituents is 1. The molecule has 0 bridgehead atoms. The number of rotatable bonds is 2. The number of carbonyl (C=O) groups is 1. The number of β-amino-alcohol motifs (C(OH)–C–C–N with tert-alkyl or cyclic N) is 1. The zero-order valence-corrected chi connectivity index (χ0v) is 10.00. The number of non-ortho nitro benzene ring substituents is 1. The molecule has 0 spiro atoms. The molecule has 1 heterocycles. The molecule has 1 aliphatic rings. The van der Waals surface area contributed by atoms with Crippen molar-refractivity contribution in [3.05, 3.63) is 39.9 Å². The molecule has 1 unspecified atom stereocenters. The Bertz CT molecular complexity index is 499. The van der Waals surface area contributed by atoms with Gasteiger partial charge in [0.25, 0.3) is 11.6 Å². The van der Waals surface area contributed by atoms with Gasteiger partial charge < -0.3 is 10.0 Å². The molecule has 2 rings (SSSR count). The Kier molecular flexibility index (Phi) is 3.04. The molecule has 1 atom stereocenters. The lowest BCUT2D eigenvalue weighted by molar-refractivity contribution is -0.384. The molecule has 0 saturated carbocycles. The monoisotopic (exact) mass is 250 g/mol. The van der Waals surface area contributed by atoms with Gasteiger partial charge in [-0.3, -0.25) is 14.9 Å². The first-order valence-electron chi connectivity index (χ1n) is 5.65. The lowest BCUT2D eigenvalue weighted by Crippen LogP contribution is -2.33. The summed E-state index contributed by atoms with van der Waals surface area (Å²) in [5.74, 6) is -0.281. The van der Waals surface area contributed by atoms with Crippen LogP contribution in [0.5, 0.6) is 0 Å². The molecule has 1 fully saturated rings. The Morgan fingerprint density at radius 2 is 2.28 bits per heavy atom. The molecule has 1 aromatic rings. The number of hydrogen-bond donors (Lipinski definition) is 1. The average molecular weight is 250 g/mol. The van der Waals surface area contributed by atoms with Crippen LogP contribution in [0.1, 0.15) is 23.7 Å². The van der Waals surface area contributed by atoms with Gasteiger partial charge in [0.2, 0.25) is 0 Å². The normalized spacial score (nSPS) is 23.1. The molecule has 6 heteroatoms. The fourth-order valence-electron chi connectivity index (χ4n) is 2.05. The van der Waals surface area contributed by atoms with Crippen LogP contribution in [0.3, 0.4) is 0 Å². The number of nitrogens with zero attached hydrogens (tertiary/aromatic N) is 2. The molecule has 1 N–H and O–H groups in total. The fourth-order valence-corrected chi connectivity index (χ4v) is 2.05. The van der Waals surface area contributed by atoms with Crippen LogP contribution in [0.2, 0.25) is 0 Å².